The van der Waals surface area contributed by atoms with Crippen molar-refractivity contribution < 1.29 is 9.59 Å². The standard InChI is InChI=1S/C16H23N3O2.ClH/c20-15(19-12-13-6-2-1-3-7-13)9-11-18-16(21)14-8-4-5-10-17-14;/h1-3,6-7,14,17H,4-5,8-12H2,(H,18,21)(H,19,20);1H. The minimum absolute atomic E-state index is 0. The first-order valence-corrected chi connectivity index (χ1v) is 7.57. The fourth-order valence-corrected chi connectivity index (χ4v) is 2.38. The van der Waals surface area contributed by atoms with E-state index in [9.17, 15) is 9.59 Å². The molecule has 122 valence electrons. The lowest BCUT2D eigenvalue weighted by Gasteiger charge is -2.22. The molecule has 2 amide bonds. The van der Waals surface area contributed by atoms with E-state index in [4.69, 9.17) is 0 Å². The van der Waals surface area contributed by atoms with E-state index in [1.54, 1.807) is 0 Å². The van der Waals surface area contributed by atoms with Gasteiger partial charge in [-0.2, -0.15) is 0 Å². The first-order valence-electron chi connectivity index (χ1n) is 7.57. The fraction of sp³-hybridized carbons (Fsp3) is 0.500. The molecule has 22 heavy (non-hydrogen) atoms. The number of hydrogen-bond acceptors (Lipinski definition) is 3. The first kappa shape index (κ1) is 18.5. The maximum atomic E-state index is 11.9. The Morgan fingerprint density at radius 3 is 2.59 bits per heavy atom. The maximum Gasteiger partial charge on any atom is 0.237 e. The highest BCUT2D eigenvalue weighted by Gasteiger charge is 2.19. The van der Waals surface area contributed by atoms with Crippen LogP contribution in [0, 0.1) is 0 Å². The third-order valence-electron chi connectivity index (χ3n) is 3.61. The summed E-state index contributed by atoms with van der Waals surface area (Å²) in [5, 5.41) is 8.86. The Labute approximate surface area is 137 Å². The van der Waals surface area contributed by atoms with Crippen molar-refractivity contribution in [1.82, 2.24) is 16.0 Å². The summed E-state index contributed by atoms with van der Waals surface area (Å²) in [5.41, 5.74) is 1.07. The minimum atomic E-state index is -0.0915. The zero-order valence-corrected chi connectivity index (χ0v) is 13.5. The van der Waals surface area contributed by atoms with Crippen LogP contribution in [0.4, 0.5) is 0 Å². The van der Waals surface area contributed by atoms with Crippen molar-refractivity contribution in [2.75, 3.05) is 13.1 Å². The van der Waals surface area contributed by atoms with E-state index in [0.717, 1.165) is 31.4 Å². The van der Waals surface area contributed by atoms with E-state index < -0.39 is 0 Å². The smallest absolute Gasteiger partial charge is 0.237 e. The summed E-state index contributed by atoms with van der Waals surface area (Å²) in [6.45, 7) is 1.81. The monoisotopic (exact) mass is 325 g/mol. The van der Waals surface area contributed by atoms with Crippen LogP contribution in [0.1, 0.15) is 31.2 Å². The molecule has 5 nitrogen and oxygen atoms in total. The first-order chi connectivity index (χ1) is 10.3. The summed E-state index contributed by atoms with van der Waals surface area (Å²) in [7, 11) is 0. The van der Waals surface area contributed by atoms with Crippen molar-refractivity contribution in [2.45, 2.75) is 38.3 Å². The number of carbonyl (C=O) groups excluding carboxylic acids is 2. The van der Waals surface area contributed by atoms with E-state index in [1.165, 1.54) is 0 Å². The molecule has 0 aliphatic carbocycles. The second kappa shape index (κ2) is 10.2. The van der Waals surface area contributed by atoms with Crippen molar-refractivity contribution in [2.24, 2.45) is 0 Å². The second-order valence-corrected chi connectivity index (χ2v) is 5.31. The Bertz CT molecular complexity index is 462. The summed E-state index contributed by atoms with van der Waals surface area (Å²) in [6.07, 6.45) is 3.41. The number of nitrogens with one attached hydrogen (secondary N) is 3. The quantitative estimate of drug-likeness (QED) is 0.740. The molecule has 6 heteroatoms. The van der Waals surface area contributed by atoms with Crippen molar-refractivity contribution >= 4 is 24.2 Å². The molecular weight excluding hydrogens is 302 g/mol. The van der Waals surface area contributed by atoms with Gasteiger partial charge in [0.25, 0.3) is 0 Å². The molecule has 1 fully saturated rings. The number of halogens is 1. The third kappa shape index (κ3) is 6.45. The van der Waals surface area contributed by atoms with Gasteiger partial charge in [-0.15, -0.1) is 12.4 Å². The molecule has 1 aliphatic heterocycles. The van der Waals surface area contributed by atoms with Gasteiger partial charge in [-0.05, 0) is 24.9 Å². The van der Waals surface area contributed by atoms with E-state index in [0.29, 0.717) is 19.5 Å². The van der Waals surface area contributed by atoms with Crippen LogP contribution in [0.2, 0.25) is 0 Å². The number of piperidine rings is 1. The van der Waals surface area contributed by atoms with Gasteiger partial charge in [0.05, 0.1) is 6.04 Å². The molecule has 0 saturated carbocycles. The number of hydrogen-bond donors (Lipinski definition) is 3. The normalized spacial score (nSPS) is 17.2. The number of benzene rings is 1. The molecule has 1 aromatic rings. The largest absolute Gasteiger partial charge is 0.354 e. The Kier molecular flexibility index (Phi) is 8.55. The number of carbonyl (C=O) groups is 2. The molecule has 1 saturated heterocycles. The molecular formula is C16H24ClN3O2. The van der Waals surface area contributed by atoms with Crippen LogP contribution in [0.15, 0.2) is 30.3 Å². The summed E-state index contributed by atoms with van der Waals surface area (Å²) in [4.78, 5) is 23.5. The van der Waals surface area contributed by atoms with Crippen molar-refractivity contribution in [1.29, 1.82) is 0 Å². The second-order valence-electron chi connectivity index (χ2n) is 5.31. The molecule has 1 atom stereocenters. The summed E-state index contributed by atoms with van der Waals surface area (Å²) >= 11 is 0. The average molecular weight is 326 g/mol. The summed E-state index contributed by atoms with van der Waals surface area (Å²) in [5.74, 6) is -0.0404. The van der Waals surface area contributed by atoms with Gasteiger partial charge < -0.3 is 16.0 Å². The maximum absolute atomic E-state index is 11.9. The van der Waals surface area contributed by atoms with Gasteiger partial charge in [0.2, 0.25) is 11.8 Å². The fourth-order valence-electron chi connectivity index (χ4n) is 2.38. The van der Waals surface area contributed by atoms with E-state index in [1.807, 2.05) is 30.3 Å². The summed E-state index contributed by atoms with van der Waals surface area (Å²) < 4.78 is 0. The topological polar surface area (TPSA) is 70.2 Å². The Balaban J connectivity index is 0.00000242. The van der Waals surface area contributed by atoms with Gasteiger partial charge in [0.1, 0.15) is 0 Å². The lowest BCUT2D eigenvalue weighted by atomic mass is 10.0. The van der Waals surface area contributed by atoms with Gasteiger partial charge in [-0.1, -0.05) is 36.8 Å². The van der Waals surface area contributed by atoms with Crippen LogP contribution in [0.25, 0.3) is 0 Å². The molecule has 1 unspecified atom stereocenters. The zero-order chi connectivity index (χ0) is 14.9. The molecule has 0 spiro atoms. The van der Waals surface area contributed by atoms with E-state index >= 15 is 0 Å². The van der Waals surface area contributed by atoms with E-state index in [-0.39, 0.29) is 30.3 Å². The predicted octanol–water partition coefficient (Wildman–Crippen LogP) is 1.37. The van der Waals surface area contributed by atoms with Crippen molar-refractivity contribution in [3.05, 3.63) is 35.9 Å². The predicted molar refractivity (Wildman–Crippen MR) is 88.8 cm³/mol. The van der Waals surface area contributed by atoms with Crippen molar-refractivity contribution in [3.63, 3.8) is 0 Å². The van der Waals surface area contributed by atoms with Crippen LogP contribution in [-0.4, -0.2) is 30.9 Å². The van der Waals surface area contributed by atoms with Crippen LogP contribution in [-0.2, 0) is 16.1 Å². The average Bonchev–Trinajstić information content (AvgIpc) is 2.54. The molecule has 2 rings (SSSR count). The lowest BCUT2D eigenvalue weighted by molar-refractivity contribution is -0.124. The molecule has 1 aromatic carbocycles. The molecule has 1 aliphatic rings. The van der Waals surface area contributed by atoms with Crippen LogP contribution in [0.3, 0.4) is 0 Å². The summed E-state index contributed by atoms with van der Waals surface area (Å²) in [6, 6.07) is 9.68. The van der Waals surface area contributed by atoms with Crippen LogP contribution < -0.4 is 16.0 Å². The highest BCUT2D eigenvalue weighted by Crippen LogP contribution is 2.06. The van der Waals surface area contributed by atoms with E-state index in [2.05, 4.69) is 16.0 Å². The SMILES string of the molecule is Cl.O=C(CCNC(=O)C1CCCCN1)NCc1ccccc1. The molecule has 0 radical (unpaired) electrons. The Morgan fingerprint density at radius 1 is 1.14 bits per heavy atom. The van der Waals surface area contributed by atoms with Gasteiger partial charge in [0.15, 0.2) is 0 Å². The minimum Gasteiger partial charge on any atom is -0.354 e. The van der Waals surface area contributed by atoms with Gasteiger partial charge >= 0.3 is 0 Å². The Hall–Kier alpha value is -1.59. The van der Waals surface area contributed by atoms with Gasteiger partial charge in [0, 0.05) is 19.5 Å². The highest BCUT2D eigenvalue weighted by molar-refractivity contribution is 5.85. The molecule has 0 aromatic heterocycles. The zero-order valence-electron chi connectivity index (χ0n) is 12.6. The Morgan fingerprint density at radius 2 is 1.91 bits per heavy atom. The van der Waals surface area contributed by atoms with Gasteiger partial charge in [-0.25, -0.2) is 0 Å². The number of rotatable bonds is 6. The van der Waals surface area contributed by atoms with Crippen molar-refractivity contribution in [3.8, 4) is 0 Å². The molecule has 3 N–H and O–H groups in total. The van der Waals surface area contributed by atoms with Crippen LogP contribution >= 0.6 is 12.4 Å². The number of amides is 2. The molecule has 1 heterocycles. The van der Waals surface area contributed by atoms with Gasteiger partial charge in [-0.3, -0.25) is 9.59 Å². The third-order valence-corrected chi connectivity index (χ3v) is 3.61. The molecule has 0 bridgehead atoms. The lowest BCUT2D eigenvalue weighted by Crippen LogP contribution is -2.47. The van der Waals surface area contributed by atoms with Crippen LogP contribution in [0.5, 0.6) is 0 Å². The highest BCUT2D eigenvalue weighted by atomic mass is 35.5.